The number of ether oxygens (including phenoxy) is 2. The first-order valence-corrected chi connectivity index (χ1v) is 5.64. The van der Waals surface area contributed by atoms with Gasteiger partial charge in [0.25, 0.3) is 0 Å². The van der Waals surface area contributed by atoms with Crippen LogP contribution < -0.4 is 15.8 Å². The first-order valence-electron chi connectivity index (χ1n) is 5.64. The maximum Gasteiger partial charge on any atom is 0.121 e. The lowest BCUT2D eigenvalue weighted by Gasteiger charge is -2.10. The van der Waals surface area contributed by atoms with Crippen molar-refractivity contribution in [1.82, 2.24) is 0 Å². The van der Waals surface area contributed by atoms with Crippen LogP contribution in [0.15, 0.2) is 18.2 Å². The van der Waals surface area contributed by atoms with Crippen LogP contribution in [0.1, 0.15) is 6.42 Å². The Morgan fingerprint density at radius 2 is 2.18 bits per heavy atom. The molecule has 0 aliphatic carbocycles. The largest absolute Gasteiger partial charge is 0.497 e. The van der Waals surface area contributed by atoms with Crippen LogP contribution in [0.2, 0.25) is 0 Å². The third-order valence-corrected chi connectivity index (χ3v) is 2.28. The Morgan fingerprint density at radius 1 is 1.35 bits per heavy atom. The molecule has 0 aliphatic heterocycles. The van der Waals surface area contributed by atoms with Crippen molar-refractivity contribution in [2.24, 2.45) is 0 Å². The van der Waals surface area contributed by atoms with Gasteiger partial charge in [-0.05, 0) is 18.6 Å². The Morgan fingerprint density at radius 3 is 2.88 bits per heavy atom. The van der Waals surface area contributed by atoms with Crippen LogP contribution in [0.4, 0.5) is 11.4 Å². The summed E-state index contributed by atoms with van der Waals surface area (Å²) < 4.78 is 10.3. The molecule has 0 bridgehead atoms. The van der Waals surface area contributed by atoms with Gasteiger partial charge in [0.1, 0.15) is 5.75 Å². The minimum absolute atomic E-state index is 0.0657. The van der Waals surface area contributed by atoms with Gasteiger partial charge in [-0.15, -0.1) is 0 Å². The molecule has 5 heteroatoms. The quantitative estimate of drug-likeness (QED) is 0.468. The second-order valence-electron chi connectivity index (χ2n) is 3.57. The van der Waals surface area contributed by atoms with E-state index in [1.165, 1.54) is 0 Å². The maximum atomic E-state index is 8.52. The third kappa shape index (κ3) is 4.93. The smallest absolute Gasteiger partial charge is 0.121 e. The lowest BCUT2D eigenvalue weighted by molar-refractivity contribution is 0.0922. The van der Waals surface area contributed by atoms with E-state index in [4.69, 9.17) is 20.3 Å². The Hall–Kier alpha value is -1.46. The van der Waals surface area contributed by atoms with Crippen LogP contribution in [-0.2, 0) is 4.74 Å². The van der Waals surface area contributed by atoms with Crippen LogP contribution in [0, 0.1) is 0 Å². The van der Waals surface area contributed by atoms with Gasteiger partial charge in [0.05, 0.1) is 31.7 Å². The Labute approximate surface area is 102 Å². The fourth-order valence-electron chi connectivity index (χ4n) is 1.38. The molecular formula is C12H20N2O3. The molecule has 0 amide bonds. The molecule has 0 spiro atoms. The average Bonchev–Trinajstić information content (AvgIpc) is 2.35. The van der Waals surface area contributed by atoms with Gasteiger partial charge in [0, 0.05) is 19.2 Å². The molecule has 1 rings (SSSR count). The Kier molecular flexibility index (Phi) is 6.21. The predicted molar refractivity (Wildman–Crippen MR) is 68.4 cm³/mol. The van der Waals surface area contributed by atoms with Crippen LogP contribution in [0.5, 0.6) is 5.75 Å². The van der Waals surface area contributed by atoms with Crippen molar-refractivity contribution in [2.75, 3.05) is 44.5 Å². The van der Waals surface area contributed by atoms with E-state index in [2.05, 4.69) is 5.32 Å². The molecule has 0 atom stereocenters. The van der Waals surface area contributed by atoms with Gasteiger partial charge in [0.15, 0.2) is 0 Å². The molecule has 1 aromatic carbocycles. The highest BCUT2D eigenvalue weighted by molar-refractivity contribution is 5.68. The summed E-state index contributed by atoms with van der Waals surface area (Å²) in [5, 5.41) is 11.7. The van der Waals surface area contributed by atoms with Crippen molar-refractivity contribution in [3.05, 3.63) is 18.2 Å². The summed E-state index contributed by atoms with van der Waals surface area (Å²) in [5.74, 6) is 0.776. The molecule has 17 heavy (non-hydrogen) atoms. The number of hydrogen-bond donors (Lipinski definition) is 3. The van der Waals surface area contributed by atoms with E-state index in [1.807, 2.05) is 18.2 Å². The number of aliphatic hydroxyl groups is 1. The molecular weight excluding hydrogens is 220 g/mol. The fourth-order valence-corrected chi connectivity index (χ4v) is 1.38. The topological polar surface area (TPSA) is 76.7 Å². The molecule has 0 saturated carbocycles. The predicted octanol–water partition coefficient (Wildman–Crippen LogP) is 1.09. The van der Waals surface area contributed by atoms with Gasteiger partial charge < -0.3 is 25.6 Å². The summed E-state index contributed by atoms with van der Waals surface area (Å²) in [6.45, 7) is 1.85. The van der Waals surface area contributed by atoms with E-state index in [0.29, 0.717) is 18.9 Å². The average molecular weight is 240 g/mol. The standard InChI is InChI=1S/C12H20N2O3/c1-16-10-3-4-11(13)12(9-10)14-5-2-7-17-8-6-15/h3-4,9,14-15H,2,5-8,13H2,1H3. The molecule has 0 saturated heterocycles. The van der Waals surface area contributed by atoms with Crippen molar-refractivity contribution >= 4 is 11.4 Å². The van der Waals surface area contributed by atoms with Gasteiger partial charge in [-0.3, -0.25) is 0 Å². The minimum Gasteiger partial charge on any atom is -0.497 e. The molecule has 0 aromatic heterocycles. The third-order valence-electron chi connectivity index (χ3n) is 2.28. The number of benzene rings is 1. The van der Waals surface area contributed by atoms with Gasteiger partial charge in [-0.2, -0.15) is 0 Å². The first kappa shape index (κ1) is 13.6. The number of rotatable bonds is 8. The van der Waals surface area contributed by atoms with Crippen molar-refractivity contribution in [1.29, 1.82) is 0 Å². The van der Waals surface area contributed by atoms with Crippen molar-refractivity contribution in [2.45, 2.75) is 6.42 Å². The minimum atomic E-state index is 0.0657. The molecule has 0 aliphatic rings. The van der Waals surface area contributed by atoms with E-state index < -0.39 is 0 Å². The van der Waals surface area contributed by atoms with Gasteiger partial charge >= 0.3 is 0 Å². The van der Waals surface area contributed by atoms with E-state index in [1.54, 1.807) is 7.11 Å². The number of anilines is 2. The summed E-state index contributed by atoms with van der Waals surface area (Å²) in [4.78, 5) is 0. The van der Waals surface area contributed by atoms with E-state index in [9.17, 15) is 0 Å². The summed E-state index contributed by atoms with van der Waals surface area (Å²) in [6, 6.07) is 5.50. The number of nitrogen functional groups attached to an aromatic ring is 1. The van der Waals surface area contributed by atoms with Crippen LogP contribution in [-0.4, -0.2) is 38.6 Å². The molecule has 5 nitrogen and oxygen atoms in total. The highest BCUT2D eigenvalue weighted by Crippen LogP contribution is 2.24. The molecule has 1 aromatic rings. The summed E-state index contributed by atoms with van der Waals surface area (Å²) in [5.41, 5.74) is 7.39. The monoisotopic (exact) mass is 240 g/mol. The van der Waals surface area contributed by atoms with Gasteiger partial charge in [-0.1, -0.05) is 0 Å². The van der Waals surface area contributed by atoms with Gasteiger partial charge in [-0.25, -0.2) is 0 Å². The zero-order valence-electron chi connectivity index (χ0n) is 10.1. The number of hydrogen-bond acceptors (Lipinski definition) is 5. The SMILES string of the molecule is COc1ccc(N)c(NCCCOCCO)c1. The lowest BCUT2D eigenvalue weighted by atomic mass is 10.2. The normalized spacial score (nSPS) is 10.2. The summed E-state index contributed by atoms with van der Waals surface area (Å²) >= 11 is 0. The van der Waals surface area contributed by atoms with Crippen molar-refractivity contribution < 1.29 is 14.6 Å². The Balaban J connectivity index is 2.30. The summed E-state index contributed by atoms with van der Waals surface area (Å²) in [6.07, 6.45) is 0.858. The molecule has 0 radical (unpaired) electrons. The highest BCUT2D eigenvalue weighted by atomic mass is 16.5. The van der Waals surface area contributed by atoms with Gasteiger partial charge in [0.2, 0.25) is 0 Å². The number of aliphatic hydroxyl groups excluding tert-OH is 1. The highest BCUT2D eigenvalue weighted by Gasteiger charge is 2.00. The van der Waals surface area contributed by atoms with Crippen molar-refractivity contribution in [3.8, 4) is 5.75 Å². The van der Waals surface area contributed by atoms with Crippen LogP contribution in [0.25, 0.3) is 0 Å². The van der Waals surface area contributed by atoms with E-state index in [-0.39, 0.29) is 6.61 Å². The second-order valence-corrected chi connectivity index (χ2v) is 3.57. The Bertz CT molecular complexity index is 332. The zero-order chi connectivity index (χ0) is 12.5. The van der Waals surface area contributed by atoms with Crippen molar-refractivity contribution in [3.63, 3.8) is 0 Å². The van der Waals surface area contributed by atoms with Crippen LogP contribution in [0.3, 0.4) is 0 Å². The fraction of sp³-hybridized carbons (Fsp3) is 0.500. The number of nitrogens with two attached hydrogens (primary N) is 1. The number of methoxy groups -OCH3 is 1. The number of nitrogens with one attached hydrogen (secondary N) is 1. The molecule has 0 heterocycles. The molecule has 0 unspecified atom stereocenters. The van der Waals surface area contributed by atoms with E-state index in [0.717, 1.165) is 24.4 Å². The van der Waals surface area contributed by atoms with E-state index >= 15 is 0 Å². The second kappa shape index (κ2) is 7.76. The zero-order valence-corrected chi connectivity index (χ0v) is 10.1. The lowest BCUT2D eigenvalue weighted by Crippen LogP contribution is -2.08. The maximum absolute atomic E-state index is 8.52. The summed E-state index contributed by atoms with van der Waals surface area (Å²) in [7, 11) is 1.62. The van der Waals surface area contributed by atoms with Crippen LogP contribution >= 0.6 is 0 Å². The molecule has 96 valence electrons. The molecule has 4 N–H and O–H groups in total. The first-order chi connectivity index (χ1) is 8.27. The molecule has 0 fully saturated rings.